The highest BCUT2D eigenvalue weighted by molar-refractivity contribution is 6.45. The topological polar surface area (TPSA) is 67.2 Å². The number of rotatable bonds is 6. The molecule has 0 aromatic rings. The lowest BCUT2D eigenvalue weighted by molar-refractivity contribution is 0.0324. The van der Waals surface area contributed by atoms with Crippen LogP contribution in [-0.4, -0.2) is 25.9 Å². The fourth-order valence-electron chi connectivity index (χ4n) is 4.73. The summed E-state index contributed by atoms with van der Waals surface area (Å²) in [5.74, 6) is 1.38. The summed E-state index contributed by atoms with van der Waals surface area (Å²) in [6, 6.07) is 0. The van der Waals surface area contributed by atoms with Crippen molar-refractivity contribution >= 4 is 7.12 Å². The van der Waals surface area contributed by atoms with Crippen LogP contribution in [0.3, 0.4) is 0 Å². The summed E-state index contributed by atoms with van der Waals surface area (Å²) in [6.07, 6.45) is 15.7. The van der Waals surface area contributed by atoms with E-state index in [1.807, 2.05) is 0 Å². The van der Waals surface area contributed by atoms with Gasteiger partial charge in [0.1, 0.15) is 0 Å². The Bertz CT molecular complexity index is 379. The van der Waals surface area contributed by atoms with Gasteiger partial charge in [-0.15, -0.1) is 0 Å². The summed E-state index contributed by atoms with van der Waals surface area (Å²) < 4.78 is 12.8. The standard InChI is InChI=1S/C17H30BN3O2/c19-21-20-13-7-12-18-22-16(14-8-3-1-4-9-14)17(23-18)15-10-5-2-6-11-15/h14-17H,1-13H2/t16-,17-/m1/s1. The van der Waals surface area contributed by atoms with Crippen LogP contribution in [0.15, 0.2) is 5.11 Å². The normalized spacial score (nSPS) is 30.3. The minimum Gasteiger partial charge on any atom is -0.405 e. The molecule has 1 saturated heterocycles. The first kappa shape index (κ1) is 17.1. The summed E-state index contributed by atoms with van der Waals surface area (Å²) in [4.78, 5) is 2.82. The number of hydrogen-bond donors (Lipinski definition) is 0. The molecule has 128 valence electrons. The maximum absolute atomic E-state index is 8.38. The van der Waals surface area contributed by atoms with Crippen LogP contribution in [0.1, 0.15) is 70.6 Å². The molecule has 0 unspecified atom stereocenters. The highest BCUT2D eigenvalue weighted by Gasteiger charge is 2.46. The predicted molar refractivity (Wildman–Crippen MR) is 92.1 cm³/mol. The molecule has 0 amide bonds. The summed E-state index contributed by atoms with van der Waals surface area (Å²) in [5, 5.41) is 3.62. The van der Waals surface area contributed by atoms with Gasteiger partial charge in [-0.1, -0.05) is 43.6 Å². The van der Waals surface area contributed by atoms with Crippen molar-refractivity contribution in [1.82, 2.24) is 0 Å². The summed E-state index contributed by atoms with van der Waals surface area (Å²) >= 11 is 0. The third-order valence-corrected chi connectivity index (χ3v) is 5.93. The van der Waals surface area contributed by atoms with Crippen molar-refractivity contribution in [3.05, 3.63) is 10.4 Å². The molecule has 3 aliphatic rings. The highest BCUT2D eigenvalue weighted by atomic mass is 16.7. The maximum Gasteiger partial charge on any atom is 0.457 e. The third-order valence-electron chi connectivity index (χ3n) is 5.93. The van der Waals surface area contributed by atoms with Gasteiger partial charge in [0.25, 0.3) is 0 Å². The van der Waals surface area contributed by atoms with Gasteiger partial charge in [-0.3, -0.25) is 0 Å². The molecule has 0 aromatic heterocycles. The molecule has 23 heavy (non-hydrogen) atoms. The van der Waals surface area contributed by atoms with E-state index in [0.717, 1.165) is 12.7 Å². The zero-order valence-electron chi connectivity index (χ0n) is 14.2. The van der Waals surface area contributed by atoms with Gasteiger partial charge >= 0.3 is 7.12 Å². The van der Waals surface area contributed by atoms with E-state index < -0.39 is 0 Å². The van der Waals surface area contributed by atoms with Crippen LogP contribution in [-0.2, 0) is 9.31 Å². The molecular weight excluding hydrogens is 289 g/mol. The second-order valence-corrected chi connectivity index (χ2v) is 7.52. The largest absolute Gasteiger partial charge is 0.457 e. The average Bonchev–Trinajstić information content (AvgIpc) is 3.05. The van der Waals surface area contributed by atoms with E-state index in [4.69, 9.17) is 14.8 Å². The van der Waals surface area contributed by atoms with E-state index in [1.54, 1.807) is 0 Å². The van der Waals surface area contributed by atoms with Crippen molar-refractivity contribution in [3.63, 3.8) is 0 Å². The Kier molecular flexibility index (Phi) is 6.67. The minimum absolute atomic E-state index is 0.0808. The number of hydrogen-bond acceptors (Lipinski definition) is 3. The molecular formula is C17H30BN3O2. The molecule has 0 bridgehead atoms. The zero-order valence-corrected chi connectivity index (χ0v) is 14.2. The van der Waals surface area contributed by atoms with Crippen LogP contribution in [0.4, 0.5) is 0 Å². The van der Waals surface area contributed by atoms with E-state index >= 15 is 0 Å². The molecule has 0 aromatic carbocycles. The fraction of sp³-hybridized carbons (Fsp3) is 1.00. The Morgan fingerprint density at radius 3 is 1.87 bits per heavy atom. The lowest BCUT2D eigenvalue weighted by atomic mass is 9.77. The third kappa shape index (κ3) is 4.65. The van der Waals surface area contributed by atoms with E-state index in [-0.39, 0.29) is 7.12 Å². The Morgan fingerprint density at radius 1 is 0.870 bits per heavy atom. The van der Waals surface area contributed by atoms with Gasteiger partial charge in [0.2, 0.25) is 0 Å². The Hall–Kier alpha value is -0.705. The van der Waals surface area contributed by atoms with Crippen molar-refractivity contribution < 1.29 is 9.31 Å². The zero-order chi connectivity index (χ0) is 15.9. The van der Waals surface area contributed by atoms with Gasteiger partial charge in [-0.2, -0.15) is 0 Å². The molecule has 2 saturated carbocycles. The van der Waals surface area contributed by atoms with Gasteiger partial charge in [0.15, 0.2) is 0 Å². The molecule has 0 N–H and O–H groups in total. The summed E-state index contributed by atoms with van der Waals surface area (Å²) in [5.41, 5.74) is 8.38. The monoisotopic (exact) mass is 319 g/mol. The summed E-state index contributed by atoms with van der Waals surface area (Å²) in [6.45, 7) is 0.544. The number of nitrogens with zero attached hydrogens (tertiary/aromatic N) is 3. The van der Waals surface area contributed by atoms with Crippen LogP contribution in [0.2, 0.25) is 6.32 Å². The Balaban J connectivity index is 1.59. The van der Waals surface area contributed by atoms with Crippen molar-refractivity contribution in [3.8, 4) is 0 Å². The highest BCUT2D eigenvalue weighted by Crippen LogP contribution is 2.40. The molecule has 2 aliphatic carbocycles. The molecule has 2 atom stereocenters. The molecule has 6 heteroatoms. The quantitative estimate of drug-likeness (QED) is 0.224. The molecule has 0 spiro atoms. The second-order valence-electron chi connectivity index (χ2n) is 7.52. The lowest BCUT2D eigenvalue weighted by Crippen LogP contribution is -2.38. The molecule has 5 nitrogen and oxygen atoms in total. The van der Waals surface area contributed by atoms with Crippen molar-refractivity contribution in [2.24, 2.45) is 17.0 Å². The lowest BCUT2D eigenvalue weighted by Gasteiger charge is -2.35. The van der Waals surface area contributed by atoms with E-state index in [9.17, 15) is 0 Å². The first-order valence-corrected chi connectivity index (χ1v) is 9.70. The Morgan fingerprint density at radius 2 is 1.39 bits per heavy atom. The van der Waals surface area contributed by atoms with E-state index in [1.165, 1.54) is 64.2 Å². The van der Waals surface area contributed by atoms with Crippen LogP contribution in [0.25, 0.3) is 10.4 Å². The fourth-order valence-corrected chi connectivity index (χ4v) is 4.73. The summed E-state index contributed by atoms with van der Waals surface area (Å²) in [7, 11) is -0.0808. The second kappa shape index (κ2) is 8.96. The molecule has 1 heterocycles. The first-order chi connectivity index (χ1) is 11.4. The van der Waals surface area contributed by atoms with Crippen molar-refractivity contribution in [1.29, 1.82) is 0 Å². The molecule has 3 fully saturated rings. The van der Waals surface area contributed by atoms with E-state index in [2.05, 4.69) is 10.0 Å². The number of azide groups is 1. The molecule has 3 rings (SSSR count). The van der Waals surface area contributed by atoms with Crippen LogP contribution < -0.4 is 0 Å². The van der Waals surface area contributed by atoms with Crippen LogP contribution in [0.5, 0.6) is 0 Å². The van der Waals surface area contributed by atoms with Crippen LogP contribution >= 0.6 is 0 Å². The SMILES string of the molecule is [N-]=[N+]=NCCCB1O[C@H](C2CCCCC2)[C@@H](C2CCCCC2)O1. The predicted octanol–water partition coefficient (Wildman–Crippen LogP) is 5.12. The smallest absolute Gasteiger partial charge is 0.405 e. The first-order valence-electron chi connectivity index (χ1n) is 9.70. The average molecular weight is 319 g/mol. The Labute approximate surface area is 140 Å². The van der Waals surface area contributed by atoms with Gasteiger partial charge < -0.3 is 9.31 Å². The van der Waals surface area contributed by atoms with Crippen molar-refractivity contribution in [2.75, 3.05) is 6.54 Å². The van der Waals surface area contributed by atoms with Crippen LogP contribution in [0, 0.1) is 11.8 Å². The van der Waals surface area contributed by atoms with Gasteiger partial charge in [-0.25, -0.2) is 0 Å². The minimum atomic E-state index is -0.0808. The molecule has 1 aliphatic heterocycles. The van der Waals surface area contributed by atoms with Gasteiger partial charge in [0, 0.05) is 11.5 Å². The van der Waals surface area contributed by atoms with Crippen molar-refractivity contribution in [2.45, 2.75) is 89.2 Å². The van der Waals surface area contributed by atoms with E-state index in [0.29, 0.717) is 30.6 Å². The van der Waals surface area contributed by atoms with Gasteiger partial charge in [-0.05, 0) is 55.8 Å². The molecule has 0 radical (unpaired) electrons. The van der Waals surface area contributed by atoms with Gasteiger partial charge in [0.05, 0.1) is 12.2 Å². The maximum atomic E-state index is 8.38.